The molecule has 98 valence electrons. The van der Waals surface area contributed by atoms with Crippen LogP contribution in [-0.4, -0.2) is 0 Å². The van der Waals surface area contributed by atoms with Crippen molar-refractivity contribution in [2.45, 2.75) is 26.2 Å². The molecule has 4 rings (SSSR count). The first-order chi connectivity index (χ1) is 9.79. The van der Waals surface area contributed by atoms with Gasteiger partial charge in [-0.2, -0.15) is 0 Å². The lowest BCUT2D eigenvalue weighted by Gasteiger charge is -2.08. The SMILES string of the molecule is CC1=Cc2c(cccc2CC2=Cc3ccccc3C2)C1. The Labute approximate surface area is 120 Å². The Morgan fingerprint density at radius 2 is 1.70 bits per heavy atom. The van der Waals surface area contributed by atoms with E-state index >= 15 is 0 Å². The molecule has 2 aromatic carbocycles. The van der Waals surface area contributed by atoms with Gasteiger partial charge in [0.15, 0.2) is 0 Å². The van der Waals surface area contributed by atoms with Gasteiger partial charge in [0, 0.05) is 0 Å². The predicted octanol–water partition coefficient (Wildman–Crippen LogP) is 4.83. The van der Waals surface area contributed by atoms with Gasteiger partial charge in [0.05, 0.1) is 0 Å². The van der Waals surface area contributed by atoms with Gasteiger partial charge in [-0.25, -0.2) is 0 Å². The molecule has 0 atom stereocenters. The third-order valence-electron chi connectivity index (χ3n) is 4.40. The third-order valence-corrected chi connectivity index (χ3v) is 4.40. The van der Waals surface area contributed by atoms with Crippen molar-refractivity contribution in [1.29, 1.82) is 0 Å². The van der Waals surface area contributed by atoms with Gasteiger partial charge in [0.2, 0.25) is 0 Å². The van der Waals surface area contributed by atoms with Crippen molar-refractivity contribution in [2.24, 2.45) is 0 Å². The van der Waals surface area contributed by atoms with Gasteiger partial charge in [-0.1, -0.05) is 65.8 Å². The normalized spacial score (nSPS) is 15.7. The molecule has 0 bridgehead atoms. The Kier molecular flexibility index (Phi) is 2.63. The molecule has 0 saturated heterocycles. The van der Waals surface area contributed by atoms with Crippen molar-refractivity contribution >= 4 is 12.2 Å². The van der Waals surface area contributed by atoms with Crippen LogP contribution in [-0.2, 0) is 19.3 Å². The first kappa shape index (κ1) is 11.7. The Balaban J connectivity index is 1.65. The highest BCUT2D eigenvalue weighted by Crippen LogP contribution is 2.32. The first-order valence-corrected chi connectivity index (χ1v) is 7.35. The van der Waals surface area contributed by atoms with Crippen LogP contribution in [0.2, 0.25) is 0 Å². The van der Waals surface area contributed by atoms with Crippen molar-refractivity contribution in [1.82, 2.24) is 0 Å². The van der Waals surface area contributed by atoms with E-state index in [2.05, 4.69) is 61.5 Å². The monoisotopic (exact) mass is 258 g/mol. The van der Waals surface area contributed by atoms with Crippen molar-refractivity contribution in [3.8, 4) is 0 Å². The quantitative estimate of drug-likeness (QED) is 0.724. The summed E-state index contributed by atoms with van der Waals surface area (Å²) in [5.74, 6) is 0. The van der Waals surface area contributed by atoms with Crippen LogP contribution < -0.4 is 0 Å². The van der Waals surface area contributed by atoms with E-state index in [9.17, 15) is 0 Å². The van der Waals surface area contributed by atoms with E-state index < -0.39 is 0 Å². The van der Waals surface area contributed by atoms with Gasteiger partial charge < -0.3 is 0 Å². The molecule has 0 N–H and O–H groups in total. The zero-order valence-corrected chi connectivity index (χ0v) is 11.8. The van der Waals surface area contributed by atoms with Crippen molar-refractivity contribution in [3.05, 3.63) is 81.4 Å². The number of hydrogen-bond acceptors (Lipinski definition) is 0. The van der Waals surface area contributed by atoms with Crippen LogP contribution in [0.15, 0.2) is 53.6 Å². The van der Waals surface area contributed by atoms with Crippen LogP contribution >= 0.6 is 0 Å². The number of hydrogen-bond donors (Lipinski definition) is 0. The van der Waals surface area contributed by atoms with E-state index in [0.717, 1.165) is 19.3 Å². The summed E-state index contributed by atoms with van der Waals surface area (Å²) in [7, 11) is 0. The number of allylic oxidation sites excluding steroid dienone is 2. The summed E-state index contributed by atoms with van der Waals surface area (Å²) in [5.41, 5.74) is 10.4. The van der Waals surface area contributed by atoms with Crippen LogP contribution in [0.4, 0.5) is 0 Å². The summed E-state index contributed by atoms with van der Waals surface area (Å²) in [6, 6.07) is 15.5. The Hall–Kier alpha value is -2.08. The molecule has 0 aromatic heterocycles. The van der Waals surface area contributed by atoms with Gasteiger partial charge in [0.1, 0.15) is 0 Å². The zero-order chi connectivity index (χ0) is 13.5. The van der Waals surface area contributed by atoms with E-state index in [4.69, 9.17) is 0 Å². The van der Waals surface area contributed by atoms with Gasteiger partial charge in [-0.15, -0.1) is 0 Å². The maximum absolute atomic E-state index is 2.38. The highest BCUT2D eigenvalue weighted by Gasteiger charge is 2.16. The minimum Gasteiger partial charge on any atom is -0.0683 e. The summed E-state index contributed by atoms with van der Waals surface area (Å²) in [5, 5.41) is 0. The highest BCUT2D eigenvalue weighted by atomic mass is 14.2. The van der Waals surface area contributed by atoms with Crippen LogP contribution in [0, 0.1) is 0 Å². The second-order valence-corrected chi connectivity index (χ2v) is 6.01. The molecular weight excluding hydrogens is 240 g/mol. The molecule has 0 nitrogen and oxygen atoms in total. The second kappa shape index (κ2) is 4.49. The maximum atomic E-state index is 2.38. The first-order valence-electron chi connectivity index (χ1n) is 7.35. The number of rotatable bonds is 2. The lowest BCUT2D eigenvalue weighted by Crippen LogP contribution is -1.95. The smallest absolute Gasteiger partial charge is 0.00544 e. The zero-order valence-electron chi connectivity index (χ0n) is 11.8. The molecule has 2 aliphatic rings. The van der Waals surface area contributed by atoms with E-state index in [0.29, 0.717) is 0 Å². The maximum Gasteiger partial charge on any atom is -0.00544 e. The molecule has 0 radical (unpaired) electrons. The van der Waals surface area contributed by atoms with Gasteiger partial charge in [-0.05, 0) is 54.0 Å². The van der Waals surface area contributed by atoms with Gasteiger partial charge >= 0.3 is 0 Å². The van der Waals surface area contributed by atoms with E-state index in [1.165, 1.54) is 39.0 Å². The van der Waals surface area contributed by atoms with Gasteiger partial charge in [-0.3, -0.25) is 0 Å². The molecule has 0 amide bonds. The fraction of sp³-hybridized carbons (Fsp3) is 0.200. The summed E-state index contributed by atoms with van der Waals surface area (Å²) >= 11 is 0. The summed E-state index contributed by atoms with van der Waals surface area (Å²) in [4.78, 5) is 0. The number of benzene rings is 2. The fourth-order valence-electron chi connectivity index (χ4n) is 3.47. The second-order valence-electron chi connectivity index (χ2n) is 6.01. The van der Waals surface area contributed by atoms with E-state index in [-0.39, 0.29) is 0 Å². The molecule has 0 saturated carbocycles. The van der Waals surface area contributed by atoms with Crippen LogP contribution in [0.3, 0.4) is 0 Å². The molecule has 0 fully saturated rings. The van der Waals surface area contributed by atoms with Crippen molar-refractivity contribution in [2.75, 3.05) is 0 Å². The predicted molar refractivity (Wildman–Crippen MR) is 85.6 cm³/mol. The minimum absolute atomic E-state index is 1.08. The van der Waals surface area contributed by atoms with Crippen molar-refractivity contribution < 1.29 is 0 Å². The largest absolute Gasteiger partial charge is 0.0683 e. The number of fused-ring (bicyclic) bond motifs is 2. The average molecular weight is 258 g/mol. The van der Waals surface area contributed by atoms with E-state index in [1.807, 2.05) is 0 Å². The lowest BCUT2D eigenvalue weighted by molar-refractivity contribution is 1.06. The Bertz CT molecular complexity index is 744. The lowest BCUT2D eigenvalue weighted by atomic mass is 9.96. The molecule has 2 aliphatic carbocycles. The molecular formula is C20H18. The highest BCUT2D eigenvalue weighted by molar-refractivity contribution is 5.69. The fourth-order valence-corrected chi connectivity index (χ4v) is 3.47. The van der Waals surface area contributed by atoms with E-state index in [1.54, 1.807) is 0 Å². The average Bonchev–Trinajstić information content (AvgIpc) is 3.01. The Morgan fingerprint density at radius 1 is 0.850 bits per heavy atom. The summed E-state index contributed by atoms with van der Waals surface area (Å²) in [6.07, 6.45) is 8.07. The van der Waals surface area contributed by atoms with Crippen LogP contribution in [0.1, 0.15) is 34.7 Å². The molecule has 0 aliphatic heterocycles. The molecule has 0 heterocycles. The van der Waals surface area contributed by atoms with Crippen LogP contribution in [0.5, 0.6) is 0 Å². The van der Waals surface area contributed by atoms with Gasteiger partial charge in [0.25, 0.3) is 0 Å². The minimum atomic E-state index is 1.08. The molecule has 2 aromatic rings. The topological polar surface area (TPSA) is 0 Å². The molecule has 0 spiro atoms. The third kappa shape index (κ3) is 1.92. The van der Waals surface area contributed by atoms with Crippen molar-refractivity contribution in [3.63, 3.8) is 0 Å². The molecule has 0 heteroatoms. The van der Waals surface area contributed by atoms with Crippen LogP contribution in [0.25, 0.3) is 12.2 Å². The molecule has 20 heavy (non-hydrogen) atoms. The Morgan fingerprint density at radius 3 is 2.60 bits per heavy atom. The summed E-state index contributed by atoms with van der Waals surface area (Å²) in [6.45, 7) is 2.23. The standard InChI is InChI=1S/C20H18/c1-14-9-18-7-4-8-19(20(18)10-14)13-15-11-16-5-2-3-6-17(16)12-15/h2-8,10-11H,9,12-13H2,1H3. The molecule has 0 unspecified atom stereocenters. The summed E-state index contributed by atoms with van der Waals surface area (Å²) < 4.78 is 0.